The van der Waals surface area contributed by atoms with Crippen LogP contribution in [0, 0.1) is 0 Å². The molecule has 6 heteroatoms. The highest BCUT2D eigenvalue weighted by Crippen LogP contribution is 2.33. The first kappa shape index (κ1) is 17.5. The third-order valence-electron chi connectivity index (χ3n) is 4.05. The predicted octanol–water partition coefficient (Wildman–Crippen LogP) is 2.34. The van der Waals surface area contributed by atoms with Crippen LogP contribution in [0.15, 0.2) is 21.5 Å². The summed E-state index contributed by atoms with van der Waals surface area (Å²) in [5.74, 6) is 0.441. The van der Waals surface area contributed by atoms with Crippen LogP contribution in [0.3, 0.4) is 0 Å². The van der Waals surface area contributed by atoms with E-state index in [-0.39, 0.29) is 17.1 Å². The molecule has 23 heavy (non-hydrogen) atoms. The SMILES string of the molecule is COc1coc(CN2CCCC2(C)C(=O)OC(C)(C)C)cc1=O. The number of hydrogen-bond acceptors (Lipinski definition) is 6. The fourth-order valence-corrected chi connectivity index (χ4v) is 2.75. The van der Waals surface area contributed by atoms with Gasteiger partial charge in [-0.2, -0.15) is 0 Å². The first-order valence-corrected chi connectivity index (χ1v) is 7.80. The Balaban J connectivity index is 2.17. The molecule has 1 saturated heterocycles. The summed E-state index contributed by atoms with van der Waals surface area (Å²) in [6.07, 6.45) is 2.93. The summed E-state index contributed by atoms with van der Waals surface area (Å²) in [4.78, 5) is 26.4. The van der Waals surface area contributed by atoms with E-state index in [2.05, 4.69) is 0 Å². The van der Waals surface area contributed by atoms with Gasteiger partial charge in [-0.15, -0.1) is 0 Å². The van der Waals surface area contributed by atoms with E-state index in [1.165, 1.54) is 19.4 Å². The van der Waals surface area contributed by atoms with Crippen LogP contribution in [0.25, 0.3) is 0 Å². The van der Waals surface area contributed by atoms with Crippen molar-refractivity contribution in [1.82, 2.24) is 4.90 Å². The van der Waals surface area contributed by atoms with Crippen molar-refractivity contribution in [3.05, 3.63) is 28.3 Å². The molecule has 1 unspecified atom stereocenters. The van der Waals surface area contributed by atoms with Gasteiger partial charge in [-0.25, -0.2) is 0 Å². The molecule has 1 aromatic heterocycles. The molecule has 0 radical (unpaired) electrons. The maximum atomic E-state index is 12.6. The molecule has 1 aliphatic rings. The van der Waals surface area contributed by atoms with Gasteiger partial charge in [-0.05, 0) is 47.1 Å². The van der Waals surface area contributed by atoms with E-state index in [0.29, 0.717) is 12.3 Å². The zero-order valence-electron chi connectivity index (χ0n) is 14.5. The quantitative estimate of drug-likeness (QED) is 0.792. The fraction of sp³-hybridized carbons (Fsp3) is 0.647. The summed E-state index contributed by atoms with van der Waals surface area (Å²) < 4.78 is 15.9. The number of ether oxygens (including phenoxy) is 2. The van der Waals surface area contributed by atoms with Crippen LogP contribution in [0.4, 0.5) is 0 Å². The summed E-state index contributed by atoms with van der Waals surface area (Å²) in [7, 11) is 1.42. The van der Waals surface area contributed by atoms with E-state index in [1.807, 2.05) is 32.6 Å². The number of carbonyl (C=O) groups is 1. The number of methoxy groups -OCH3 is 1. The van der Waals surface area contributed by atoms with E-state index < -0.39 is 11.1 Å². The van der Waals surface area contributed by atoms with Crippen molar-refractivity contribution in [1.29, 1.82) is 0 Å². The number of rotatable bonds is 4. The first-order chi connectivity index (χ1) is 10.7. The average molecular weight is 323 g/mol. The van der Waals surface area contributed by atoms with Gasteiger partial charge in [0.05, 0.1) is 13.7 Å². The van der Waals surface area contributed by atoms with Gasteiger partial charge in [-0.3, -0.25) is 14.5 Å². The minimum Gasteiger partial charge on any atom is -0.490 e. The van der Waals surface area contributed by atoms with Crippen molar-refractivity contribution < 1.29 is 18.7 Å². The molecule has 1 atom stereocenters. The molecule has 1 aromatic rings. The summed E-state index contributed by atoms with van der Waals surface area (Å²) in [6, 6.07) is 1.41. The highest BCUT2D eigenvalue weighted by atomic mass is 16.6. The van der Waals surface area contributed by atoms with E-state index in [1.54, 1.807) is 0 Å². The van der Waals surface area contributed by atoms with Crippen LogP contribution in [-0.2, 0) is 16.1 Å². The van der Waals surface area contributed by atoms with Crippen molar-refractivity contribution >= 4 is 5.97 Å². The molecule has 0 aromatic carbocycles. The van der Waals surface area contributed by atoms with Gasteiger partial charge in [0, 0.05) is 6.07 Å². The second-order valence-electron chi connectivity index (χ2n) is 7.08. The first-order valence-electron chi connectivity index (χ1n) is 7.80. The molecule has 1 fully saturated rings. The molecule has 0 amide bonds. The van der Waals surface area contributed by atoms with Gasteiger partial charge in [0.2, 0.25) is 11.2 Å². The Bertz CT molecular complexity index is 631. The van der Waals surface area contributed by atoms with E-state index in [4.69, 9.17) is 13.9 Å². The Morgan fingerprint density at radius 1 is 1.43 bits per heavy atom. The topological polar surface area (TPSA) is 69.0 Å². The average Bonchev–Trinajstić information content (AvgIpc) is 2.80. The normalized spacial score (nSPS) is 22.1. The highest BCUT2D eigenvalue weighted by Gasteiger charge is 2.45. The lowest BCUT2D eigenvalue weighted by atomic mass is 9.98. The van der Waals surface area contributed by atoms with Crippen molar-refractivity contribution in [3.63, 3.8) is 0 Å². The van der Waals surface area contributed by atoms with E-state index >= 15 is 0 Å². The third kappa shape index (κ3) is 3.93. The molecule has 128 valence electrons. The number of esters is 1. The van der Waals surface area contributed by atoms with E-state index in [0.717, 1.165) is 19.4 Å². The van der Waals surface area contributed by atoms with Crippen molar-refractivity contribution in [2.45, 2.75) is 58.2 Å². The largest absolute Gasteiger partial charge is 0.490 e. The lowest BCUT2D eigenvalue weighted by molar-refractivity contribution is -0.167. The number of hydrogen-bond donors (Lipinski definition) is 0. The van der Waals surface area contributed by atoms with E-state index in [9.17, 15) is 9.59 Å². The van der Waals surface area contributed by atoms with Crippen molar-refractivity contribution in [2.75, 3.05) is 13.7 Å². The van der Waals surface area contributed by atoms with Crippen LogP contribution >= 0.6 is 0 Å². The van der Waals surface area contributed by atoms with Gasteiger partial charge in [0.15, 0.2) is 0 Å². The molecular formula is C17H25NO5. The van der Waals surface area contributed by atoms with Gasteiger partial charge < -0.3 is 13.9 Å². The van der Waals surface area contributed by atoms with Gasteiger partial charge in [-0.1, -0.05) is 0 Å². The fourth-order valence-electron chi connectivity index (χ4n) is 2.75. The minimum atomic E-state index is -0.703. The zero-order valence-corrected chi connectivity index (χ0v) is 14.5. The second kappa shape index (κ2) is 6.35. The molecular weight excluding hydrogens is 298 g/mol. The summed E-state index contributed by atoms with van der Waals surface area (Å²) >= 11 is 0. The predicted molar refractivity (Wildman–Crippen MR) is 85.4 cm³/mol. The van der Waals surface area contributed by atoms with Gasteiger partial charge in [0.25, 0.3) is 0 Å². The Morgan fingerprint density at radius 2 is 2.13 bits per heavy atom. The molecule has 0 spiro atoms. The maximum Gasteiger partial charge on any atom is 0.326 e. The summed E-state index contributed by atoms with van der Waals surface area (Å²) in [5.41, 5.74) is -1.46. The summed E-state index contributed by atoms with van der Waals surface area (Å²) in [6.45, 7) is 8.60. The van der Waals surface area contributed by atoms with Crippen molar-refractivity contribution in [2.24, 2.45) is 0 Å². The van der Waals surface area contributed by atoms with Crippen LogP contribution in [0.1, 0.15) is 46.3 Å². The molecule has 1 aliphatic heterocycles. The van der Waals surface area contributed by atoms with Crippen LogP contribution in [0.2, 0.25) is 0 Å². The lowest BCUT2D eigenvalue weighted by Gasteiger charge is -2.35. The standard InChI is InChI=1S/C17H25NO5/c1-16(2,3)23-15(20)17(4)7-6-8-18(17)10-12-9-13(19)14(21-5)11-22-12/h9,11H,6-8,10H2,1-5H3. The highest BCUT2D eigenvalue weighted by molar-refractivity contribution is 5.81. The van der Waals surface area contributed by atoms with Crippen LogP contribution in [0.5, 0.6) is 5.75 Å². The maximum absolute atomic E-state index is 12.6. The van der Waals surface area contributed by atoms with Gasteiger partial charge in [0.1, 0.15) is 23.2 Å². The van der Waals surface area contributed by atoms with Crippen LogP contribution in [-0.4, -0.2) is 35.7 Å². The van der Waals surface area contributed by atoms with Crippen molar-refractivity contribution in [3.8, 4) is 5.75 Å². The number of carbonyl (C=O) groups excluding carboxylic acids is 1. The van der Waals surface area contributed by atoms with Crippen LogP contribution < -0.4 is 10.2 Å². The lowest BCUT2D eigenvalue weighted by Crippen LogP contribution is -2.50. The second-order valence-corrected chi connectivity index (χ2v) is 7.08. The minimum absolute atomic E-state index is 0.171. The zero-order chi connectivity index (χ0) is 17.3. The smallest absolute Gasteiger partial charge is 0.326 e. The molecule has 0 aliphatic carbocycles. The molecule has 0 N–H and O–H groups in total. The third-order valence-corrected chi connectivity index (χ3v) is 4.05. The van der Waals surface area contributed by atoms with Gasteiger partial charge >= 0.3 is 5.97 Å². The summed E-state index contributed by atoms with van der Waals surface area (Å²) in [5, 5.41) is 0. The monoisotopic (exact) mass is 323 g/mol. The molecule has 0 saturated carbocycles. The molecule has 0 bridgehead atoms. The Kier molecular flexibility index (Phi) is 4.84. The Hall–Kier alpha value is -1.82. The Morgan fingerprint density at radius 3 is 2.70 bits per heavy atom. The Labute approximate surface area is 136 Å². The number of nitrogens with zero attached hydrogens (tertiary/aromatic N) is 1. The molecule has 2 heterocycles. The molecule has 2 rings (SSSR count). The molecule has 6 nitrogen and oxygen atoms in total. The number of likely N-dealkylation sites (tertiary alicyclic amines) is 1.